The van der Waals surface area contributed by atoms with E-state index in [2.05, 4.69) is 28.4 Å². The van der Waals surface area contributed by atoms with Crippen molar-refractivity contribution in [3.63, 3.8) is 0 Å². The van der Waals surface area contributed by atoms with E-state index in [1.807, 2.05) is 24.9 Å². The Labute approximate surface area is 113 Å². The molecule has 0 bridgehead atoms. The van der Waals surface area contributed by atoms with E-state index in [1.165, 1.54) is 5.56 Å². The van der Waals surface area contributed by atoms with Crippen LogP contribution in [0.5, 0.6) is 0 Å². The monoisotopic (exact) mass is 262 g/mol. The number of aliphatic hydroxyl groups is 1. The molecule has 0 aliphatic carbocycles. The quantitative estimate of drug-likeness (QED) is 0.828. The van der Waals surface area contributed by atoms with E-state index >= 15 is 0 Å². The van der Waals surface area contributed by atoms with Gasteiger partial charge in [-0.25, -0.2) is 4.98 Å². The van der Waals surface area contributed by atoms with Gasteiger partial charge in [-0.3, -0.25) is 4.68 Å². The fourth-order valence-electron chi connectivity index (χ4n) is 2.24. The summed E-state index contributed by atoms with van der Waals surface area (Å²) in [4.78, 5) is 4.46. The molecule has 0 radical (unpaired) electrons. The lowest BCUT2D eigenvalue weighted by molar-refractivity contribution is 0.276. The number of fused-ring (bicyclic) bond motifs is 1. The fraction of sp³-hybridized carbons (Fsp3) is 0.571. The van der Waals surface area contributed by atoms with E-state index < -0.39 is 0 Å². The third-order valence-electron chi connectivity index (χ3n) is 3.37. The lowest BCUT2D eigenvalue weighted by Gasteiger charge is -2.12. The summed E-state index contributed by atoms with van der Waals surface area (Å²) in [6.07, 6.45) is 3.72. The van der Waals surface area contributed by atoms with E-state index in [4.69, 9.17) is 5.11 Å². The Morgan fingerprint density at radius 3 is 3.00 bits per heavy atom. The Balaban J connectivity index is 2.03. The number of hydrogen-bond donors (Lipinski definition) is 2. The molecule has 2 N–H and O–H groups in total. The van der Waals surface area contributed by atoms with Gasteiger partial charge in [0.2, 0.25) is 0 Å². The Morgan fingerprint density at radius 1 is 1.47 bits per heavy atom. The molecular formula is C14H22N4O. The SMILES string of the molecule is Cc1nn(C)c2ncc(CNC(C)CCCO)cc12. The van der Waals surface area contributed by atoms with Crippen LogP contribution in [0.4, 0.5) is 0 Å². The summed E-state index contributed by atoms with van der Waals surface area (Å²) in [6, 6.07) is 2.55. The summed E-state index contributed by atoms with van der Waals surface area (Å²) < 4.78 is 1.81. The summed E-state index contributed by atoms with van der Waals surface area (Å²) in [5, 5.41) is 17.7. The second kappa shape index (κ2) is 6.12. The zero-order chi connectivity index (χ0) is 13.8. The van der Waals surface area contributed by atoms with Gasteiger partial charge in [0.15, 0.2) is 5.65 Å². The highest BCUT2D eigenvalue weighted by Crippen LogP contribution is 2.16. The molecule has 104 valence electrons. The van der Waals surface area contributed by atoms with E-state index in [-0.39, 0.29) is 6.61 Å². The van der Waals surface area contributed by atoms with Crippen LogP contribution >= 0.6 is 0 Å². The van der Waals surface area contributed by atoms with Gasteiger partial charge in [0.25, 0.3) is 0 Å². The first kappa shape index (κ1) is 14.0. The van der Waals surface area contributed by atoms with Gasteiger partial charge < -0.3 is 10.4 Å². The van der Waals surface area contributed by atoms with E-state index in [0.717, 1.165) is 36.1 Å². The van der Waals surface area contributed by atoms with Crippen LogP contribution in [0.15, 0.2) is 12.3 Å². The molecule has 0 aromatic carbocycles. The smallest absolute Gasteiger partial charge is 0.157 e. The van der Waals surface area contributed by atoms with Crippen LogP contribution in [-0.4, -0.2) is 32.5 Å². The van der Waals surface area contributed by atoms with Gasteiger partial charge in [0.05, 0.1) is 5.69 Å². The molecule has 5 heteroatoms. The van der Waals surface area contributed by atoms with Crippen LogP contribution in [0, 0.1) is 6.92 Å². The molecule has 1 unspecified atom stereocenters. The van der Waals surface area contributed by atoms with Gasteiger partial charge in [0, 0.05) is 37.8 Å². The molecule has 1 atom stereocenters. The lowest BCUT2D eigenvalue weighted by Crippen LogP contribution is -2.25. The summed E-state index contributed by atoms with van der Waals surface area (Å²) >= 11 is 0. The molecular weight excluding hydrogens is 240 g/mol. The van der Waals surface area contributed by atoms with E-state index in [1.54, 1.807) is 0 Å². The predicted molar refractivity (Wildman–Crippen MR) is 75.9 cm³/mol. The number of rotatable bonds is 6. The van der Waals surface area contributed by atoms with Crippen molar-refractivity contribution >= 4 is 11.0 Å². The van der Waals surface area contributed by atoms with Crippen molar-refractivity contribution in [2.45, 2.75) is 39.3 Å². The topological polar surface area (TPSA) is 63.0 Å². The number of pyridine rings is 1. The first-order valence-electron chi connectivity index (χ1n) is 6.74. The largest absolute Gasteiger partial charge is 0.396 e. The van der Waals surface area contributed by atoms with Crippen LogP contribution in [-0.2, 0) is 13.6 Å². The molecule has 2 aromatic rings. The van der Waals surface area contributed by atoms with Crippen molar-refractivity contribution in [3.05, 3.63) is 23.5 Å². The Bertz CT molecular complexity index is 550. The number of aryl methyl sites for hydroxylation is 2. The van der Waals surface area contributed by atoms with Gasteiger partial charge in [-0.1, -0.05) is 0 Å². The highest BCUT2D eigenvalue weighted by Gasteiger charge is 2.07. The number of nitrogens with zero attached hydrogens (tertiary/aromatic N) is 3. The molecule has 0 fully saturated rings. The minimum Gasteiger partial charge on any atom is -0.396 e. The van der Waals surface area contributed by atoms with Gasteiger partial charge in [0.1, 0.15) is 0 Å². The molecule has 0 amide bonds. The fourth-order valence-corrected chi connectivity index (χ4v) is 2.24. The minimum absolute atomic E-state index is 0.258. The first-order valence-corrected chi connectivity index (χ1v) is 6.74. The second-order valence-corrected chi connectivity index (χ2v) is 5.07. The molecule has 2 aromatic heterocycles. The van der Waals surface area contributed by atoms with Gasteiger partial charge in [-0.15, -0.1) is 0 Å². The van der Waals surface area contributed by atoms with Crippen molar-refractivity contribution < 1.29 is 5.11 Å². The van der Waals surface area contributed by atoms with E-state index in [9.17, 15) is 0 Å². The van der Waals surface area contributed by atoms with Gasteiger partial charge in [-0.2, -0.15) is 5.10 Å². The molecule has 0 saturated heterocycles. The van der Waals surface area contributed by atoms with Crippen molar-refractivity contribution in [2.75, 3.05) is 6.61 Å². The highest BCUT2D eigenvalue weighted by molar-refractivity contribution is 5.78. The van der Waals surface area contributed by atoms with Gasteiger partial charge >= 0.3 is 0 Å². The molecule has 0 aliphatic heterocycles. The molecule has 2 heterocycles. The van der Waals surface area contributed by atoms with Gasteiger partial charge in [-0.05, 0) is 38.3 Å². The summed E-state index contributed by atoms with van der Waals surface area (Å²) in [6.45, 7) is 5.19. The second-order valence-electron chi connectivity index (χ2n) is 5.07. The normalized spacial score (nSPS) is 13.1. The standard InChI is InChI=1S/C14H22N4O/c1-10(5-4-6-19)15-8-12-7-13-11(2)17-18(3)14(13)16-9-12/h7,9-10,15,19H,4-6,8H2,1-3H3. The third kappa shape index (κ3) is 3.30. The van der Waals surface area contributed by atoms with Crippen LogP contribution in [0.3, 0.4) is 0 Å². The number of nitrogens with one attached hydrogen (secondary N) is 1. The Kier molecular flexibility index (Phi) is 4.50. The number of hydrogen-bond acceptors (Lipinski definition) is 4. The van der Waals surface area contributed by atoms with Crippen molar-refractivity contribution in [1.29, 1.82) is 0 Å². The van der Waals surface area contributed by atoms with Crippen LogP contribution in [0.1, 0.15) is 31.0 Å². The molecule has 2 rings (SSSR count). The van der Waals surface area contributed by atoms with Crippen molar-refractivity contribution in [2.24, 2.45) is 7.05 Å². The average molecular weight is 262 g/mol. The van der Waals surface area contributed by atoms with Crippen LogP contribution in [0.25, 0.3) is 11.0 Å². The summed E-state index contributed by atoms with van der Waals surface area (Å²) in [7, 11) is 1.91. The summed E-state index contributed by atoms with van der Waals surface area (Å²) in [5.41, 5.74) is 3.11. The summed E-state index contributed by atoms with van der Waals surface area (Å²) in [5.74, 6) is 0. The predicted octanol–water partition coefficient (Wildman–Crippen LogP) is 1.53. The minimum atomic E-state index is 0.258. The highest BCUT2D eigenvalue weighted by atomic mass is 16.2. The maximum Gasteiger partial charge on any atom is 0.157 e. The lowest BCUT2D eigenvalue weighted by atomic mass is 10.1. The third-order valence-corrected chi connectivity index (χ3v) is 3.37. The average Bonchev–Trinajstić information content (AvgIpc) is 2.69. The molecule has 0 spiro atoms. The molecule has 5 nitrogen and oxygen atoms in total. The van der Waals surface area contributed by atoms with Crippen molar-refractivity contribution in [1.82, 2.24) is 20.1 Å². The molecule has 0 saturated carbocycles. The molecule has 19 heavy (non-hydrogen) atoms. The maximum atomic E-state index is 8.80. The number of aliphatic hydroxyl groups excluding tert-OH is 1. The Hall–Kier alpha value is -1.46. The zero-order valence-electron chi connectivity index (χ0n) is 11.8. The molecule has 0 aliphatic rings. The zero-order valence-corrected chi connectivity index (χ0v) is 11.8. The number of aromatic nitrogens is 3. The Morgan fingerprint density at radius 2 is 2.26 bits per heavy atom. The van der Waals surface area contributed by atoms with E-state index in [0.29, 0.717) is 6.04 Å². The van der Waals surface area contributed by atoms with Crippen LogP contribution < -0.4 is 5.32 Å². The van der Waals surface area contributed by atoms with Crippen molar-refractivity contribution in [3.8, 4) is 0 Å². The van der Waals surface area contributed by atoms with Crippen LogP contribution in [0.2, 0.25) is 0 Å². The first-order chi connectivity index (χ1) is 9.11. The maximum absolute atomic E-state index is 8.80.